The minimum atomic E-state index is -1.88. The van der Waals surface area contributed by atoms with Gasteiger partial charge in [0.25, 0.3) is 0 Å². The van der Waals surface area contributed by atoms with Gasteiger partial charge in [-0.15, -0.1) is 0 Å². The zero-order valence-corrected chi connectivity index (χ0v) is 8.62. The Bertz CT molecular complexity index is 247. The highest BCUT2D eigenvalue weighted by Crippen LogP contribution is 1.97. The Morgan fingerprint density at radius 2 is 1.92 bits per heavy atom. The Labute approximate surface area is 78.7 Å². The van der Waals surface area contributed by atoms with Gasteiger partial charge < -0.3 is 8.85 Å². The molecule has 0 bridgehead atoms. The van der Waals surface area contributed by atoms with Crippen molar-refractivity contribution in [3.05, 3.63) is 24.8 Å². The maximum Gasteiger partial charge on any atom is 0.533 e. The SMILES string of the molecule is C=CC(=O)O[Si](C)OC(=O)C(=C)C. The molecule has 0 unspecified atom stereocenters. The summed E-state index contributed by atoms with van der Waals surface area (Å²) >= 11 is 0. The van der Waals surface area contributed by atoms with Crippen LogP contribution in [0.25, 0.3) is 0 Å². The molecule has 71 valence electrons. The third-order valence-electron chi connectivity index (χ3n) is 0.996. The van der Waals surface area contributed by atoms with Crippen molar-refractivity contribution in [1.29, 1.82) is 0 Å². The first kappa shape index (κ1) is 11.6. The van der Waals surface area contributed by atoms with Gasteiger partial charge in [-0.25, -0.2) is 9.59 Å². The van der Waals surface area contributed by atoms with Crippen LogP contribution in [0.4, 0.5) is 0 Å². The maximum atomic E-state index is 10.9. The average Bonchev–Trinajstić information content (AvgIpc) is 2.03. The number of hydrogen-bond donors (Lipinski definition) is 0. The summed E-state index contributed by atoms with van der Waals surface area (Å²) < 4.78 is 9.44. The van der Waals surface area contributed by atoms with Crippen LogP contribution in [0.2, 0.25) is 6.55 Å². The second-order valence-corrected chi connectivity index (χ2v) is 3.68. The second-order valence-electron chi connectivity index (χ2n) is 2.29. The van der Waals surface area contributed by atoms with E-state index in [9.17, 15) is 9.59 Å². The summed E-state index contributed by atoms with van der Waals surface area (Å²) in [6.45, 7) is 9.66. The first-order chi connectivity index (χ1) is 5.97. The molecule has 0 aliphatic heterocycles. The molecule has 0 saturated heterocycles. The predicted octanol–water partition coefficient (Wildman–Crippen LogP) is 0.953. The van der Waals surface area contributed by atoms with Crippen LogP contribution in [-0.4, -0.2) is 21.2 Å². The molecule has 0 heterocycles. The lowest BCUT2D eigenvalue weighted by atomic mass is 10.4. The molecule has 0 N–H and O–H groups in total. The highest BCUT2D eigenvalue weighted by Gasteiger charge is 2.18. The van der Waals surface area contributed by atoms with Crippen LogP contribution in [0.5, 0.6) is 0 Å². The van der Waals surface area contributed by atoms with E-state index in [0.29, 0.717) is 0 Å². The first-order valence-corrected chi connectivity index (χ1v) is 5.34. The zero-order chi connectivity index (χ0) is 10.4. The Hall–Kier alpha value is -1.36. The van der Waals surface area contributed by atoms with E-state index in [1.54, 1.807) is 0 Å². The summed E-state index contributed by atoms with van der Waals surface area (Å²) in [5, 5.41) is 0. The van der Waals surface area contributed by atoms with Crippen LogP contribution >= 0.6 is 0 Å². The molecule has 4 nitrogen and oxygen atoms in total. The van der Waals surface area contributed by atoms with E-state index in [-0.39, 0.29) is 5.57 Å². The number of rotatable bonds is 4. The van der Waals surface area contributed by atoms with Crippen molar-refractivity contribution in [3.8, 4) is 0 Å². The van der Waals surface area contributed by atoms with Crippen LogP contribution in [0.15, 0.2) is 24.8 Å². The fourth-order valence-corrected chi connectivity index (χ4v) is 1.27. The Balaban J connectivity index is 3.94. The molecule has 0 aromatic carbocycles. The van der Waals surface area contributed by atoms with Gasteiger partial charge in [-0.3, -0.25) is 0 Å². The molecule has 0 atom stereocenters. The second kappa shape index (κ2) is 5.31. The predicted molar refractivity (Wildman–Crippen MR) is 48.8 cm³/mol. The van der Waals surface area contributed by atoms with Gasteiger partial charge in [-0.2, -0.15) is 0 Å². The molecular weight excluding hydrogens is 188 g/mol. The Morgan fingerprint density at radius 3 is 2.31 bits per heavy atom. The molecule has 0 aliphatic rings. The number of hydrogen-bond acceptors (Lipinski definition) is 4. The Morgan fingerprint density at radius 1 is 1.38 bits per heavy atom. The van der Waals surface area contributed by atoms with Crippen LogP contribution in [0.1, 0.15) is 6.92 Å². The maximum absolute atomic E-state index is 10.9. The van der Waals surface area contributed by atoms with Gasteiger partial charge in [-0.1, -0.05) is 13.2 Å². The van der Waals surface area contributed by atoms with Crippen molar-refractivity contribution in [1.82, 2.24) is 0 Å². The summed E-state index contributed by atoms with van der Waals surface area (Å²) in [5.74, 6) is -1.14. The lowest BCUT2D eigenvalue weighted by Crippen LogP contribution is -2.25. The van der Waals surface area contributed by atoms with Gasteiger partial charge >= 0.3 is 21.2 Å². The summed E-state index contributed by atoms with van der Waals surface area (Å²) in [5.41, 5.74) is 0.277. The summed E-state index contributed by atoms with van der Waals surface area (Å²) in [4.78, 5) is 21.6. The van der Waals surface area contributed by atoms with E-state index in [1.165, 1.54) is 13.5 Å². The van der Waals surface area contributed by atoms with E-state index >= 15 is 0 Å². The molecule has 1 radical (unpaired) electrons. The van der Waals surface area contributed by atoms with Gasteiger partial charge in [0, 0.05) is 18.2 Å². The summed E-state index contributed by atoms with van der Waals surface area (Å²) in [7, 11) is -1.88. The molecule has 13 heavy (non-hydrogen) atoms. The van der Waals surface area contributed by atoms with E-state index in [2.05, 4.69) is 17.6 Å². The molecule has 0 amide bonds. The van der Waals surface area contributed by atoms with Crippen LogP contribution in [0.3, 0.4) is 0 Å². The fourth-order valence-electron chi connectivity index (χ4n) is 0.422. The van der Waals surface area contributed by atoms with Gasteiger partial charge in [0.2, 0.25) is 0 Å². The molecular formula is C8H11O4Si. The van der Waals surface area contributed by atoms with E-state index in [0.717, 1.165) is 6.08 Å². The lowest BCUT2D eigenvalue weighted by Gasteiger charge is -2.08. The van der Waals surface area contributed by atoms with Gasteiger partial charge in [-0.05, 0) is 6.92 Å². The van der Waals surface area contributed by atoms with Crippen LogP contribution < -0.4 is 0 Å². The molecule has 0 saturated carbocycles. The monoisotopic (exact) mass is 199 g/mol. The van der Waals surface area contributed by atoms with Crippen molar-refractivity contribution in [2.45, 2.75) is 13.5 Å². The molecule has 0 fully saturated rings. The number of carbonyl (C=O) groups excluding carboxylic acids is 2. The van der Waals surface area contributed by atoms with E-state index in [4.69, 9.17) is 4.43 Å². The quantitative estimate of drug-likeness (QED) is 0.499. The molecule has 5 heteroatoms. The van der Waals surface area contributed by atoms with E-state index in [1.807, 2.05) is 0 Å². The number of carbonyl (C=O) groups is 2. The van der Waals surface area contributed by atoms with Crippen molar-refractivity contribution in [2.75, 3.05) is 0 Å². The van der Waals surface area contributed by atoms with E-state index < -0.39 is 21.2 Å². The molecule has 0 aromatic rings. The van der Waals surface area contributed by atoms with Crippen molar-refractivity contribution >= 4 is 21.2 Å². The largest absolute Gasteiger partial charge is 0.533 e. The minimum Gasteiger partial charge on any atom is -0.480 e. The van der Waals surface area contributed by atoms with Gasteiger partial charge in [0.05, 0.1) is 0 Å². The first-order valence-electron chi connectivity index (χ1n) is 3.53. The normalized spacial score (nSPS) is 9.15. The third kappa shape index (κ3) is 4.97. The Kier molecular flexibility index (Phi) is 4.76. The topological polar surface area (TPSA) is 52.6 Å². The van der Waals surface area contributed by atoms with Gasteiger partial charge in [0.15, 0.2) is 0 Å². The lowest BCUT2D eigenvalue weighted by molar-refractivity contribution is -0.135. The highest BCUT2D eigenvalue weighted by atomic mass is 28.3. The molecule has 0 aromatic heterocycles. The zero-order valence-electron chi connectivity index (χ0n) is 7.62. The van der Waals surface area contributed by atoms with Crippen LogP contribution in [-0.2, 0) is 18.4 Å². The molecule has 0 spiro atoms. The summed E-state index contributed by atoms with van der Waals surface area (Å²) in [6.07, 6.45) is 1.02. The smallest absolute Gasteiger partial charge is 0.480 e. The molecule has 0 aliphatic carbocycles. The van der Waals surface area contributed by atoms with Crippen molar-refractivity contribution < 1.29 is 18.4 Å². The standard InChI is InChI=1S/C8H11O4Si/c1-5-7(9)11-13(4)12-8(10)6(2)3/h5H,1-2H2,3-4H3. The third-order valence-corrected chi connectivity index (χ3v) is 1.96. The van der Waals surface area contributed by atoms with Crippen LogP contribution in [0, 0.1) is 0 Å². The highest BCUT2D eigenvalue weighted by molar-refractivity contribution is 6.48. The van der Waals surface area contributed by atoms with Crippen molar-refractivity contribution in [2.24, 2.45) is 0 Å². The minimum absolute atomic E-state index is 0.277. The molecule has 0 rings (SSSR count). The summed E-state index contributed by atoms with van der Waals surface area (Å²) in [6, 6.07) is 0. The fraction of sp³-hybridized carbons (Fsp3) is 0.250. The van der Waals surface area contributed by atoms with Crippen molar-refractivity contribution in [3.63, 3.8) is 0 Å². The van der Waals surface area contributed by atoms with Gasteiger partial charge in [0.1, 0.15) is 0 Å². The average molecular weight is 199 g/mol.